The Bertz CT molecular complexity index is 699. The summed E-state index contributed by atoms with van der Waals surface area (Å²) in [4.78, 5) is 11.6. The summed E-state index contributed by atoms with van der Waals surface area (Å²) in [5, 5.41) is 6.68. The molecule has 2 aromatic carbocycles. The van der Waals surface area contributed by atoms with Gasteiger partial charge in [0.15, 0.2) is 5.11 Å². The Morgan fingerprint density at radius 1 is 1.08 bits per heavy atom. The number of nitrogens with one attached hydrogen (secondary N) is 2. The van der Waals surface area contributed by atoms with Gasteiger partial charge in [0.2, 0.25) is 0 Å². The number of esters is 1. The fourth-order valence-corrected chi connectivity index (χ4v) is 2.51. The zero-order valence-corrected chi connectivity index (χ0v) is 14.8. The van der Waals surface area contributed by atoms with Gasteiger partial charge in [0.05, 0.1) is 12.7 Å². The number of ether oxygens (including phenoxy) is 1. The van der Waals surface area contributed by atoms with Crippen molar-refractivity contribution in [2.45, 2.75) is 26.2 Å². The minimum Gasteiger partial charge on any atom is -0.465 e. The quantitative estimate of drug-likeness (QED) is 0.592. The molecule has 2 aromatic rings. The van der Waals surface area contributed by atoms with Crippen molar-refractivity contribution in [3.05, 3.63) is 59.7 Å². The molecule has 0 amide bonds. The van der Waals surface area contributed by atoms with Crippen LogP contribution in [0.4, 0.5) is 11.4 Å². The van der Waals surface area contributed by atoms with E-state index < -0.39 is 0 Å². The van der Waals surface area contributed by atoms with Gasteiger partial charge in [-0.2, -0.15) is 0 Å². The molecule has 0 unspecified atom stereocenters. The van der Waals surface area contributed by atoms with E-state index in [1.165, 1.54) is 25.5 Å². The minimum absolute atomic E-state index is 0.375. The number of methoxy groups -OCH3 is 1. The van der Waals surface area contributed by atoms with Crippen molar-refractivity contribution in [3.63, 3.8) is 0 Å². The van der Waals surface area contributed by atoms with E-state index in [9.17, 15) is 4.79 Å². The third kappa shape index (κ3) is 5.35. The molecule has 4 nitrogen and oxygen atoms in total. The first-order valence-electron chi connectivity index (χ1n) is 7.97. The van der Waals surface area contributed by atoms with Gasteiger partial charge in [-0.05, 0) is 61.0 Å². The third-order valence-corrected chi connectivity index (χ3v) is 3.78. The summed E-state index contributed by atoms with van der Waals surface area (Å²) in [7, 11) is 1.36. The first-order chi connectivity index (χ1) is 11.6. The molecule has 0 heterocycles. The van der Waals surface area contributed by atoms with Gasteiger partial charge >= 0.3 is 5.97 Å². The maximum Gasteiger partial charge on any atom is 0.337 e. The molecule has 0 fully saturated rings. The second-order valence-corrected chi connectivity index (χ2v) is 5.86. The van der Waals surface area contributed by atoms with Crippen LogP contribution in [0.15, 0.2) is 48.5 Å². The van der Waals surface area contributed by atoms with Crippen LogP contribution < -0.4 is 10.6 Å². The normalized spacial score (nSPS) is 10.1. The number of carbonyl (C=O) groups excluding carboxylic acids is 1. The topological polar surface area (TPSA) is 50.4 Å². The van der Waals surface area contributed by atoms with Crippen LogP contribution in [0.25, 0.3) is 0 Å². The lowest BCUT2D eigenvalue weighted by molar-refractivity contribution is 0.0601. The van der Waals surface area contributed by atoms with Crippen LogP contribution in [0.2, 0.25) is 0 Å². The molecule has 0 saturated carbocycles. The molecule has 0 aliphatic heterocycles. The molecule has 0 aliphatic rings. The lowest BCUT2D eigenvalue weighted by Crippen LogP contribution is -2.19. The Hall–Kier alpha value is -2.40. The molecule has 24 heavy (non-hydrogen) atoms. The fraction of sp³-hybridized carbons (Fsp3) is 0.263. The molecule has 5 heteroatoms. The number of thiocarbonyl (C=S) groups is 1. The standard InChI is InChI=1S/C19H22N2O2S/c1-3-4-6-14-9-11-16(12-10-14)20-19(24)21-17-8-5-7-15(13-17)18(22)23-2/h5,7-13H,3-4,6H2,1-2H3,(H2,20,21,24). The van der Waals surface area contributed by atoms with Crippen molar-refractivity contribution in [2.75, 3.05) is 17.7 Å². The van der Waals surface area contributed by atoms with Gasteiger partial charge in [-0.3, -0.25) is 0 Å². The number of aryl methyl sites for hydroxylation is 1. The first kappa shape index (κ1) is 17.9. The Balaban J connectivity index is 1.94. The van der Waals surface area contributed by atoms with Crippen molar-refractivity contribution in [1.29, 1.82) is 0 Å². The van der Waals surface area contributed by atoms with Gasteiger partial charge in [-0.1, -0.05) is 31.5 Å². The van der Waals surface area contributed by atoms with Gasteiger partial charge in [-0.15, -0.1) is 0 Å². The lowest BCUT2D eigenvalue weighted by Gasteiger charge is -2.12. The Morgan fingerprint density at radius 3 is 2.46 bits per heavy atom. The third-order valence-electron chi connectivity index (χ3n) is 3.57. The Labute approximate surface area is 148 Å². The molecular formula is C19H22N2O2S. The monoisotopic (exact) mass is 342 g/mol. The highest BCUT2D eigenvalue weighted by molar-refractivity contribution is 7.80. The molecule has 0 atom stereocenters. The van der Waals surface area contributed by atoms with E-state index in [2.05, 4.69) is 29.7 Å². The molecule has 126 valence electrons. The van der Waals surface area contributed by atoms with Gasteiger partial charge in [-0.25, -0.2) is 4.79 Å². The molecule has 0 aliphatic carbocycles. The lowest BCUT2D eigenvalue weighted by atomic mass is 10.1. The summed E-state index contributed by atoms with van der Waals surface area (Å²) >= 11 is 5.32. The van der Waals surface area contributed by atoms with Crippen LogP contribution in [0.5, 0.6) is 0 Å². The largest absolute Gasteiger partial charge is 0.465 e. The van der Waals surface area contributed by atoms with Crippen LogP contribution >= 0.6 is 12.2 Å². The number of carbonyl (C=O) groups is 1. The van der Waals surface area contributed by atoms with Gasteiger partial charge in [0.1, 0.15) is 0 Å². The second-order valence-electron chi connectivity index (χ2n) is 5.45. The zero-order valence-electron chi connectivity index (χ0n) is 14.0. The number of hydrogen-bond donors (Lipinski definition) is 2. The second kappa shape index (κ2) is 9.03. The SMILES string of the molecule is CCCCc1ccc(NC(=S)Nc2cccc(C(=O)OC)c2)cc1. The number of anilines is 2. The fourth-order valence-electron chi connectivity index (χ4n) is 2.27. The molecule has 2 rings (SSSR count). The highest BCUT2D eigenvalue weighted by Crippen LogP contribution is 2.14. The summed E-state index contributed by atoms with van der Waals surface area (Å²) in [6.07, 6.45) is 3.49. The minimum atomic E-state index is -0.375. The van der Waals surface area contributed by atoms with E-state index >= 15 is 0 Å². The molecule has 0 radical (unpaired) electrons. The molecule has 0 saturated heterocycles. The van der Waals surface area contributed by atoms with Gasteiger partial charge in [0, 0.05) is 11.4 Å². The maximum atomic E-state index is 11.6. The van der Waals surface area contributed by atoms with E-state index in [1.54, 1.807) is 18.2 Å². The predicted octanol–water partition coefficient (Wildman–Crippen LogP) is 4.62. The van der Waals surface area contributed by atoms with Crippen molar-refractivity contribution >= 4 is 34.7 Å². The van der Waals surface area contributed by atoms with Crippen LogP contribution in [-0.2, 0) is 11.2 Å². The highest BCUT2D eigenvalue weighted by Gasteiger charge is 2.06. The molecule has 0 spiro atoms. The van der Waals surface area contributed by atoms with Crippen LogP contribution in [0, 0.1) is 0 Å². The summed E-state index contributed by atoms with van der Waals surface area (Å²) in [6, 6.07) is 15.3. The van der Waals surface area contributed by atoms with Crippen molar-refractivity contribution in [2.24, 2.45) is 0 Å². The maximum absolute atomic E-state index is 11.6. The predicted molar refractivity (Wildman–Crippen MR) is 103 cm³/mol. The smallest absolute Gasteiger partial charge is 0.337 e. The van der Waals surface area contributed by atoms with Gasteiger partial charge < -0.3 is 15.4 Å². The molecule has 2 N–H and O–H groups in total. The van der Waals surface area contributed by atoms with Crippen LogP contribution in [-0.4, -0.2) is 18.2 Å². The highest BCUT2D eigenvalue weighted by atomic mass is 32.1. The number of unbranched alkanes of at least 4 members (excludes halogenated alkanes) is 1. The van der Waals surface area contributed by atoms with E-state index in [0.29, 0.717) is 10.7 Å². The summed E-state index contributed by atoms with van der Waals surface area (Å²) < 4.78 is 4.72. The van der Waals surface area contributed by atoms with E-state index in [-0.39, 0.29) is 5.97 Å². The summed E-state index contributed by atoms with van der Waals surface area (Å²) in [5.41, 5.74) is 3.46. The number of benzene rings is 2. The molecular weight excluding hydrogens is 320 g/mol. The zero-order chi connectivity index (χ0) is 17.4. The number of rotatable bonds is 6. The van der Waals surface area contributed by atoms with Crippen LogP contribution in [0.1, 0.15) is 35.7 Å². The van der Waals surface area contributed by atoms with Crippen LogP contribution in [0.3, 0.4) is 0 Å². The van der Waals surface area contributed by atoms with E-state index in [4.69, 9.17) is 17.0 Å². The van der Waals surface area contributed by atoms with Crippen molar-refractivity contribution in [1.82, 2.24) is 0 Å². The van der Waals surface area contributed by atoms with E-state index in [0.717, 1.165) is 17.8 Å². The van der Waals surface area contributed by atoms with E-state index in [1.807, 2.05) is 18.2 Å². The Morgan fingerprint density at radius 2 is 1.79 bits per heavy atom. The van der Waals surface area contributed by atoms with Gasteiger partial charge in [0.25, 0.3) is 0 Å². The summed E-state index contributed by atoms with van der Waals surface area (Å²) in [5.74, 6) is -0.375. The Kier molecular flexibility index (Phi) is 6.75. The molecule has 0 bridgehead atoms. The summed E-state index contributed by atoms with van der Waals surface area (Å²) in [6.45, 7) is 2.19. The molecule has 0 aromatic heterocycles. The number of hydrogen-bond acceptors (Lipinski definition) is 3. The average Bonchev–Trinajstić information content (AvgIpc) is 2.60. The average molecular weight is 342 g/mol. The van der Waals surface area contributed by atoms with Crippen molar-refractivity contribution in [3.8, 4) is 0 Å². The first-order valence-corrected chi connectivity index (χ1v) is 8.38. The van der Waals surface area contributed by atoms with Crippen molar-refractivity contribution < 1.29 is 9.53 Å².